The third-order valence-electron chi connectivity index (χ3n) is 5.49. The summed E-state index contributed by atoms with van der Waals surface area (Å²) < 4.78 is 5.47. The van der Waals surface area contributed by atoms with Crippen molar-refractivity contribution in [2.45, 2.75) is 6.42 Å². The van der Waals surface area contributed by atoms with Gasteiger partial charge in [0.2, 0.25) is 5.95 Å². The summed E-state index contributed by atoms with van der Waals surface area (Å²) in [6, 6.07) is 16.3. The predicted molar refractivity (Wildman–Crippen MR) is 114 cm³/mol. The highest BCUT2D eigenvalue weighted by Crippen LogP contribution is 2.37. The van der Waals surface area contributed by atoms with E-state index >= 15 is 0 Å². The number of aromatic hydroxyl groups is 1. The predicted octanol–water partition coefficient (Wildman–Crippen LogP) is 2.89. The van der Waals surface area contributed by atoms with E-state index in [9.17, 15) is 9.90 Å². The van der Waals surface area contributed by atoms with Gasteiger partial charge in [-0.3, -0.25) is 9.69 Å². The summed E-state index contributed by atoms with van der Waals surface area (Å²) in [7, 11) is 0. The van der Waals surface area contributed by atoms with Crippen LogP contribution < -0.4 is 9.80 Å². The Balaban J connectivity index is 1.62. The van der Waals surface area contributed by atoms with Gasteiger partial charge >= 0.3 is 0 Å². The zero-order chi connectivity index (χ0) is 20.5. The lowest BCUT2D eigenvalue weighted by Crippen LogP contribution is -2.38. The second-order valence-corrected chi connectivity index (χ2v) is 7.40. The third-order valence-corrected chi connectivity index (χ3v) is 5.49. The van der Waals surface area contributed by atoms with E-state index in [4.69, 9.17) is 14.7 Å². The van der Waals surface area contributed by atoms with Gasteiger partial charge in [-0.25, -0.2) is 4.98 Å². The van der Waals surface area contributed by atoms with Crippen LogP contribution in [0.25, 0.3) is 11.3 Å². The molecule has 0 unspecified atom stereocenters. The molecule has 1 aromatic heterocycles. The lowest BCUT2D eigenvalue weighted by Gasteiger charge is -2.28. The van der Waals surface area contributed by atoms with E-state index < -0.39 is 0 Å². The zero-order valence-electron chi connectivity index (χ0n) is 16.5. The van der Waals surface area contributed by atoms with Gasteiger partial charge < -0.3 is 14.7 Å². The number of carbonyl (C=O) groups is 1. The molecule has 1 amide bonds. The van der Waals surface area contributed by atoms with E-state index in [-0.39, 0.29) is 11.7 Å². The Morgan fingerprint density at radius 3 is 2.53 bits per heavy atom. The van der Waals surface area contributed by atoms with Crippen LogP contribution in [0.1, 0.15) is 15.9 Å². The van der Waals surface area contributed by atoms with E-state index in [0.29, 0.717) is 56.6 Å². The average molecular weight is 402 g/mol. The molecule has 3 aromatic rings. The Hall–Kier alpha value is -3.45. The number of rotatable bonds is 3. The first kappa shape index (κ1) is 18.6. The van der Waals surface area contributed by atoms with Crippen LogP contribution >= 0.6 is 0 Å². The molecular formula is C23H22N4O3. The molecule has 0 aliphatic carbocycles. The van der Waals surface area contributed by atoms with Gasteiger partial charge in [0.15, 0.2) is 0 Å². The fourth-order valence-corrected chi connectivity index (χ4v) is 3.97. The summed E-state index contributed by atoms with van der Waals surface area (Å²) in [5, 5.41) is 9.99. The maximum atomic E-state index is 13.2. The van der Waals surface area contributed by atoms with Crippen LogP contribution in [0.4, 0.5) is 11.8 Å². The molecule has 7 heteroatoms. The van der Waals surface area contributed by atoms with Crippen molar-refractivity contribution >= 4 is 17.7 Å². The molecular weight excluding hydrogens is 380 g/mol. The Kier molecular flexibility index (Phi) is 4.80. The normalized spacial score (nSPS) is 15.9. The second-order valence-electron chi connectivity index (χ2n) is 7.40. The van der Waals surface area contributed by atoms with Crippen molar-refractivity contribution in [3.8, 4) is 17.0 Å². The van der Waals surface area contributed by atoms with Gasteiger partial charge in [-0.1, -0.05) is 30.3 Å². The quantitative estimate of drug-likeness (QED) is 0.726. The molecule has 0 bridgehead atoms. The van der Waals surface area contributed by atoms with Crippen molar-refractivity contribution in [2.75, 3.05) is 42.6 Å². The van der Waals surface area contributed by atoms with E-state index in [1.54, 1.807) is 23.1 Å². The fourth-order valence-electron chi connectivity index (χ4n) is 3.97. The van der Waals surface area contributed by atoms with Gasteiger partial charge in [0.05, 0.1) is 18.9 Å². The Labute approximate surface area is 174 Å². The summed E-state index contributed by atoms with van der Waals surface area (Å²) in [6.07, 6.45) is 0.669. The minimum atomic E-state index is -0.0668. The highest BCUT2D eigenvalue weighted by atomic mass is 16.5. The van der Waals surface area contributed by atoms with Crippen LogP contribution in [0.3, 0.4) is 0 Å². The summed E-state index contributed by atoms with van der Waals surface area (Å²) in [5.74, 6) is 1.35. The molecule has 0 saturated carbocycles. The van der Waals surface area contributed by atoms with Gasteiger partial charge in [-0.2, -0.15) is 4.98 Å². The molecule has 2 aromatic carbocycles. The highest BCUT2D eigenvalue weighted by Gasteiger charge is 2.32. The number of anilines is 2. The van der Waals surface area contributed by atoms with Crippen molar-refractivity contribution in [1.82, 2.24) is 9.97 Å². The van der Waals surface area contributed by atoms with Crippen LogP contribution in [-0.4, -0.2) is 53.8 Å². The standard InChI is InChI=1S/C23H22N4O3/c28-18-8-4-7-17(15-18)20-19-9-10-27(22(29)16-5-2-1-3-6-16)21(19)25-23(24-20)26-11-13-30-14-12-26/h1-8,15,28H,9-14H2. The average Bonchev–Trinajstić information content (AvgIpc) is 3.23. The van der Waals surface area contributed by atoms with Crippen LogP contribution in [-0.2, 0) is 11.2 Å². The molecule has 0 radical (unpaired) electrons. The number of fused-ring (bicyclic) bond motifs is 1. The molecule has 2 aliphatic heterocycles. The first-order chi connectivity index (χ1) is 14.7. The number of aromatic nitrogens is 2. The number of hydrogen-bond donors (Lipinski definition) is 1. The van der Waals surface area contributed by atoms with Crippen molar-refractivity contribution in [3.63, 3.8) is 0 Å². The van der Waals surface area contributed by atoms with E-state index in [2.05, 4.69) is 4.90 Å². The summed E-state index contributed by atoms with van der Waals surface area (Å²) in [5.41, 5.74) is 3.15. The van der Waals surface area contributed by atoms with E-state index in [1.807, 2.05) is 36.4 Å². The van der Waals surface area contributed by atoms with Crippen LogP contribution in [0, 0.1) is 0 Å². The molecule has 152 valence electrons. The third kappa shape index (κ3) is 3.37. The molecule has 3 heterocycles. The topological polar surface area (TPSA) is 78.8 Å². The van der Waals surface area contributed by atoms with Crippen LogP contribution in [0.5, 0.6) is 5.75 Å². The minimum absolute atomic E-state index is 0.0668. The van der Waals surface area contributed by atoms with Crippen molar-refractivity contribution in [1.29, 1.82) is 0 Å². The monoisotopic (exact) mass is 402 g/mol. The minimum Gasteiger partial charge on any atom is -0.508 e. The molecule has 1 N–H and O–H groups in total. The molecule has 0 atom stereocenters. The van der Waals surface area contributed by atoms with Gasteiger partial charge in [-0.15, -0.1) is 0 Å². The molecule has 1 fully saturated rings. The molecule has 1 saturated heterocycles. The Bertz CT molecular complexity index is 1080. The second kappa shape index (κ2) is 7.76. The molecule has 2 aliphatic rings. The van der Waals surface area contributed by atoms with Crippen LogP contribution in [0.15, 0.2) is 54.6 Å². The lowest BCUT2D eigenvalue weighted by atomic mass is 10.1. The number of phenolic OH excluding ortho intramolecular Hbond substituents is 1. The zero-order valence-corrected chi connectivity index (χ0v) is 16.5. The first-order valence-corrected chi connectivity index (χ1v) is 10.1. The highest BCUT2D eigenvalue weighted by molar-refractivity contribution is 6.07. The molecule has 7 nitrogen and oxygen atoms in total. The summed E-state index contributed by atoms with van der Waals surface area (Å²) in [6.45, 7) is 3.19. The van der Waals surface area contributed by atoms with Crippen LogP contribution in [0.2, 0.25) is 0 Å². The molecule has 0 spiro atoms. The van der Waals surface area contributed by atoms with Crippen molar-refractivity contribution in [2.24, 2.45) is 0 Å². The number of carbonyl (C=O) groups excluding carboxylic acids is 1. The van der Waals surface area contributed by atoms with E-state index in [0.717, 1.165) is 16.8 Å². The number of amides is 1. The molecule has 5 rings (SSSR count). The number of phenols is 1. The smallest absolute Gasteiger partial charge is 0.259 e. The molecule has 30 heavy (non-hydrogen) atoms. The Morgan fingerprint density at radius 1 is 0.967 bits per heavy atom. The number of benzene rings is 2. The van der Waals surface area contributed by atoms with Gasteiger partial charge in [0.25, 0.3) is 5.91 Å². The summed E-state index contributed by atoms with van der Waals surface area (Å²) in [4.78, 5) is 26.7. The lowest BCUT2D eigenvalue weighted by molar-refractivity contribution is 0.0988. The van der Waals surface area contributed by atoms with Gasteiger partial charge in [0.1, 0.15) is 11.6 Å². The Morgan fingerprint density at radius 2 is 1.77 bits per heavy atom. The SMILES string of the molecule is O=C(c1ccccc1)N1CCc2c(-c3cccc(O)c3)nc(N3CCOCC3)nc21. The van der Waals surface area contributed by atoms with Crippen molar-refractivity contribution in [3.05, 3.63) is 65.7 Å². The fraction of sp³-hybridized carbons (Fsp3) is 0.261. The number of ether oxygens (including phenoxy) is 1. The first-order valence-electron chi connectivity index (χ1n) is 10.1. The van der Waals surface area contributed by atoms with E-state index in [1.165, 1.54) is 0 Å². The van der Waals surface area contributed by atoms with Crippen molar-refractivity contribution < 1.29 is 14.6 Å². The number of morpholine rings is 1. The maximum Gasteiger partial charge on any atom is 0.259 e. The van der Waals surface area contributed by atoms with Gasteiger partial charge in [-0.05, 0) is 30.7 Å². The number of nitrogens with zero attached hydrogens (tertiary/aromatic N) is 4. The maximum absolute atomic E-state index is 13.2. The largest absolute Gasteiger partial charge is 0.508 e. The summed E-state index contributed by atoms with van der Waals surface area (Å²) >= 11 is 0. The number of hydrogen-bond acceptors (Lipinski definition) is 6. The van der Waals surface area contributed by atoms with Gasteiger partial charge in [0, 0.05) is 36.3 Å².